The minimum atomic E-state index is -1.13. The van der Waals surface area contributed by atoms with E-state index in [2.05, 4.69) is 6.07 Å². The Morgan fingerprint density at radius 1 is 1.24 bits per heavy atom. The normalized spacial score (nSPS) is 10.4. The number of aromatic nitrogens is 1. The minimum Gasteiger partial charge on any atom is -0.477 e. The van der Waals surface area contributed by atoms with Gasteiger partial charge in [0.15, 0.2) is 0 Å². The van der Waals surface area contributed by atoms with Crippen molar-refractivity contribution in [3.63, 3.8) is 0 Å². The predicted octanol–water partition coefficient (Wildman–Crippen LogP) is 4.52. The minimum absolute atomic E-state index is 0.0331. The lowest BCUT2D eigenvalue weighted by Gasteiger charge is -2.08. The summed E-state index contributed by atoms with van der Waals surface area (Å²) in [5.74, 6) is -0.675. The van der Waals surface area contributed by atoms with E-state index in [4.69, 9.17) is 4.74 Å². The van der Waals surface area contributed by atoms with Gasteiger partial charge in [-0.15, -0.1) is 0 Å². The smallest absolute Gasteiger partial charge is 0.353 e. The number of nitro groups is 1. The molecule has 0 spiro atoms. The number of hydrogen-bond donors (Lipinski definition) is 1. The maximum absolute atomic E-state index is 11.8. The summed E-state index contributed by atoms with van der Waals surface area (Å²) in [6.07, 6.45) is 0.512. The Bertz CT molecular complexity index is 1140. The Morgan fingerprint density at radius 3 is 2.45 bits per heavy atom. The third-order valence-corrected chi connectivity index (χ3v) is 4.60. The van der Waals surface area contributed by atoms with Gasteiger partial charge >= 0.3 is 11.7 Å². The van der Waals surface area contributed by atoms with Crippen LogP contribution in [-0.2, 0) is 13.5 Å². The molecule has 2 aromatic carbocycles. The Morgan fingerprint density at radius 2 is 1.90 bits per heavy atom. The molecule has 0 saturated heterocycles. The summed E-state index contributed by atoms with van der Waals surface area (Å²) in [5, 5.41) is 30.4. The molecule has 146 valence electrons. The molecule has 29 heavy (non-hydrogen) atoms. The zero-order valence-corrected chi connectivity index (χ0v) is 15.7. The first-order chi connectivity index (χ1) is 13.9. The fourth-order valence-corrected chi connectivity index (χ4v) is 3.31. The third-order valence-electron chi connectivity index (χ3n) is 4.60. The second-order valence-corrected chi connectivity index (χ2v) is 6.23. The molecular formula is C21H17N3O5. The van der Waals surface area contributed by atoms with Crippen LogP contribution in [0.4, 0.5) is 5.69 Å². The Labute approximate surface area is 166 Å². The standard InChI is InChI=1S/C21H17N3O5/c1-3-16-15(12-22)19(20(21(25)26)23(16)2)13-8-10-14(11-9-13)29-18-7-5-4-6-17(18)24(27)28/h4-11H,3H2,1-2H3,(H,25,26). The summed E-state index contributed by atoms with van der Waals surface area (Å²) in [6.45, 7) is 1.86. The molecule has 0 saturated carbocycles. The number of nitrogens with zero attached hydrogens (tertiary/aromatic N) is 3. The molecule has 0 radical (unpaired) electrons. The monoisotopic (exact) mass is 391 g/mol. The number of carboxylic acids is 1. The van der Waals surface area contributed by atoms with Crippen LogP contribution in [0, 0.1) is 21.4 Å². The SMILES string of the molecule is CCc1c(C#N)c(-c2ccc(Oc3ccccc3[N+](=O)[O-])cc2)c(C(=O)O)n1C. The van der Waals surface area contributed by atoms with E-state index in [0.29, 0.717) is 34.6 Å². The maximum atomic E-state index is 11.8. The van der Waals surface area contributed by atoms with Crippen molar-refractivity contribution in [2.24, 2.45) is 7.05 Å². The molecule has 0 bridgehead atoms. The van der Waals surface area contributed by atoms with Crippen molar-refractivity contribution in [3.05, 3.63) is 75.6 Å². The average Bonchev–Trinajstić information content (AvgIpc) is 3.00. The molecule has 1 heterocycles. The van der Waals surface area contributed by atoms with Crippen LogP contribution in [0.2, 0.25) is 0 Å². The van der Waals surface area contributed by atoms with Gasteiger partial charge in [0.05, 0.1) is 10.5 Å². The van der Waals surface area contributed by atoms with Gasteiger partial charge in [-0.05, 0) is 30.2 Å². The lowest BCUT2D eigenvalue weighted by molar-refractivity contribution is -0.385. The van der Waals surface area contributed by atoms with Gasteiger partial charge < -0.3 is 14.4 Å². The number of ether oxygens (including phenoxy) is 1. The molecule has 3 rings (SSSR count). The van der Waals surface area contributed by atoms with Gasteiger partial charge in [-0.3, -0.25) is 10.1 Å². The van der Waals surface area contributed by atoms with Crippen molar-refractivity contribution < 1.29 is 19.6 Å². The first-order valence-electron chi connectivity index (χ1n) is 8.75. The molecule has 0 amide bonds. The fraction of sp³-hybridized carbons (Fsp3) is 0.143. The number of carbonyl (C=O) groups is 1. The van der Waals surface area contributed by atoms with Crippen molar-refractivity contribution >= 4 is 11.7 Å². The van der Waals surface area contributed by atoms with Gasteiger partial charge in [0.2, 0.25) is 5.75 Å². The Kier molecular flexibility index (Phi) is 5.32. The van der Waals surface area contributed by atoms with E-state index in [1.54, 1.807) is 43.4 Å². The lowest BCUT2D eigenvalue weighted by Crippen LogP contribution is -2.07. The first-order valence-corrected chi connectivity index (χ1v) is 8.75. The number of carboxylic acid groups (broad SMARTS) is 1. The van der Waals surface area contributed by atoms with E-state index >= 15 is 0 Å². The van der Waals surface area contributed by atoms with Gasteiger partial charge in [-0.1, -0.05) is 31.2 Å². The van der Waals surface area contributed by atoms with Crippen LogP contribution >= 0.6 is 0 Å². The van der Waals surface area contributed by atoms with E-state index in [1.165, 1.54) is 16.7 Å². The highest BCUT2D eigenvalue weighted by Gasteiger charge is 2.25. The molecule has 0 fully saturated rings. The number of para-hydroxylation sites is 2. The number of hydrogen-bond acceptors (Lipinski definition) is 5. The van der Waals surface area contributed by atoms with Crippen LogP contribution in [0.3, 0.4) is 0 Å². The van der Waals surface area contributed by atoms with Gasteiger partial charge in [0.25, 0.3) is 0 Å². The number of nitriles is 1. The highest BCUT2D eigenvalue weighted by molar-refractivity contribution is 5.97. The fourth-order valence-electron chi connectivity index (χ4n) is 3.31. The summed E-state index contributed by atoms with van der Waals surface area (Å²) in [5.41, 5.74) is 1.72. The largest absolute Gasteiger partial charge is 0.477 e. The average molecular weight is 391 g/mol. The lowest BCUT2D eigenvalue weighted by atomic mass is 10.00. The van der Waals surface area contributed by atoms with Crippen molar-refractivity contribution in [1.82, 2.24) is 4.57 Å². The molecule has 1 aromatic heterocycles. The van der Waals surface area contributed by atoms with Crippen LogP contribution < -0.4 is 4.74 Å². The van der Waals surface area contributed by atoms with Gasteiger partial charge in [-0.2, -0.15) is 5.26 Å². The van der Waals surface area contributed by atoms with Crippen LogP contribution in [0.15, 0.2) is 48.5 Å². The van der Waals surface area contributed by atoms with E-state index < -0.39 is 10.9 Å². The maximum Gasteiger partial charge on any atom is 0.353 e. The van der Waals surface area contributed by atoms with Crippen molar-refractivity contribution in [2.75, 3.05) is 0 Å². The van der Waals surface area contributed by atoms with Crippen molar-refractivity contribution in [2.45, 2.75) is 13.3 Å². The molecule has 1 N–H and O–H groups in total. The first kappa shape index (κ1) is 19.6. The second-order valence-electron chi connectivity index (χ2n) is 6.23. The summed E-state index contributed by atoms with van der Waals surface area (Å²) in [7, 11) is 1.62. The van der Waals surface area contributed by atoms with E-state index in [0.717, 1.165) is 0 Å². The summed E-state index contributed by atoms with van der Waals surface area (Å²) >= 11 is 0. The highest BCUT2D eigenvalue weighted by atomic mass is 16.6. The number of benzene rings is 2. The highest BCUT2D eigenvalue weighted by Crippen LogP contribution is 2.35. The molecule has 8 heteroatoms. The van der Waals surface area contributed by atoms with Crippen LogP contribution in [0.1, 0.15) is 28.7 Å². The summed E-state index contributed by atoms with van der Waals surface area (Å²) in [4.78, 5) is 22.4. The molecule has 8 nitrogen and oxygen atoms in total. The zero-order valence-electron chi connectivity index (χ0n) is 15.7. The number of rotatable bonds is 6. The zero-order chi connectivity index (χ0) is 21.1. The molecule has 0 unspecified atom stereocenters. The predicted molar refractivity (Wildman–Crippen MR) is 105 cm³/mol. The Hall–Kier alpha value is -4.12. The van der Waals surface area contributed by atoms with Crippen LogP contribution in [0.25, 0.3) is 11.1 Å². The third kappa shape index (κ3) is 3.53. The second kappa shape index (κ2) is 7.86. The topological polar surface area (TPSA) is 118 Å². The summed E-state index contributed by atoms with van der Waals surface area (Å²) in [6, 6.07) is 14.6. The molecule has 3 aromatic rings. The van der Waals surface area contributed by atoms with Crippen LogP contribution in [0.5, 0.6) is 11.5 Å². The van der Waals surface area contributed by atoms with E-state index in [-0.39, 0.29) is 17.1 Å². The quantitative estimate of drug-likeness (QED) is 0.487. The molecular weight excluding hydrogens is 374 g/mol. The van der Waals surface area contributed by atoms with E-state index in [1.807, 2.05) is 6.92 Å². The van der Waals surface area contributed by atoms with Crippen LogP contribution in [-0.4, -0.2) is 20.6 Å². The van der Waals surface area contributed by atoms with Crippen molar-refractivity contribution in [1.29, 1.82) is 5.26 Å². The Balaban J connectivity index is 2.03. The van der Waals surface area contributed by atoms with Gasteiger partial charge in [0, 0.05) is 24.4 Å². The molecule has 0 aliphatic heterocycles. The van der Waals surface area contributed by atoms with Gasteiger partial charge in [0.1, 0.15) is 17.5 Å². The molecule has 0 aliphatic rings. The number of aromatic carboxylic acids is 1. The van der Waals surface area contributed by atoms with Crippen molar-refractivity contribution in [3.8, 4) is 28.7 Å². The summed E-state index contributed by atoms with van der Waals surface area (Å²) < 4.78 is 7.14. The molecule has 0 atom stereocenters. The molecule has 0 aliphatic carbocycles. The number of nitro benzene ring substituents is 1. The van der Waals surface area contributed by atoms with E-state index in [9.17, 15) is 25.3 Å². The van der Waals surface area contributed by atoms with Gasteiger partial charge in [-0.25, -0.2) is 4.79 Å².